The highest BCUT2D eigenvalue weighted by Crippen LogP contribution is 2.41. The van der Waals surface area contributed by atoms with E-state index in [1.54, 1.807) is 50.4 Å². The highest BCUT2D eigenvalue weighted by atomic mass is 16.5. The Morgan fingerprint density at radius 1 is 1.27 bits per heavy atom. The lowest BCUT2D eigenvalue weighted by Gasteiger charge is -2.42. The Morgan fingerprint density at radius 3 is 2.73 bits per heavy atom. The first kappa shape index (κ1) is 14.5. The predicted octanol–water partition coefficient (Wildman–Crippen LogP) is 1.78. The summed E-state index contributed by atoms with van der Waals surface area (Å²) in [6.07, 6.45) is 1.44. The van der Waals surface area contributed by atoms with Crippen molar-refractivity contribution < 1.29 is 14.6 Å². The Morgan fingerprint density at radius 2 is 2.05 bits per heavy atom. The number of rotatable bonds is 2. The SMILES string of the molecule is CC1(C)Oc2ccc(C=O)cc2[C@@H](n2ccccc2=O)[C@@H]1O. The second-order valence-electron chi connectivity index (χ2n) is 5.96. The van der Waals surface area contributed by atoms with Gasteiger partial charge < -0.3 is 14.4 Å². The van der Waals surface area contributed by atoms with Crippen molar-refractivity contribution in [1.29, 1.82) is 0 Å². The average molecular weight is 299 g/mol. The fraction of sp³-hybridized carbons (Fsp3) is 0.294. The molecule has 2 aromatic rings. The summed E-state index contributed by atoms with van der Waals surface area (Å²) in [4.78, 5) is 23.2. The molecule has 5 nitrogen and oxygen atoms in total. The van der Waals surface area contributed by atoms with E-state index in [1.165, 1.54) is 10.6 Å². The number of benzene rings is 1. The van der Waals surface area contributed by atoms with Gasteiger partial charge in [0.25, 0.3) is 5.56 Å². The van der Waals surface area contributed by atoms with Crippen molar-refractivity contribution in [2.75, 3.05) is 0 Å². The van der Waals surface area contributed by atoms with Crippen LogP contribution in [0.1, 0.15) is 35.8 Å². The van der Waals surface area contributed by atoms with Crippen LogP contribution in [0.25, 0.3) is 0 Å². The summed E-state index contributed by atoms with van der Waals surface area (Å²) in [6.45, 7) is 3.55. The number of aliphatic hydroxyl groups excluding tert-OH is 1. The first-order chi connectivity index (χ1) is 10.4. The summed E-state index contributed by atoms with van der Waals surface area (Å²) in [5.41, 5.74) is 0.0370. The molecule has 1 aromatic carbocycles. The molecule has 0 unspecified atom stereocenters. The van der Waals surface area contributed by atoms with Crippen LogP contribution in [-0.2, 0) is 0 Å². The predicted molar refractivity (Wildman–Crippen MR) is 81.4 cm³/mol. The van der Waals surface area contributed by atoms with E-state index in [1.807, 2.05) is 0 Å². The molecule has 0 radical (unpaired) electrons. The molecule has 114 valence electrons. The van der Waals surface area contributed by atoms with Crippen molar-refractivity contribution in [3.8, 4) is 5.75 Å². The standard InChI is InChI=1S/C17H17NO4/c1-17(2)16(21)15(18-8-4-3-5-14(18)20)12-9-11(10-19)6-7-13(12)22-17/h3-10,15-16,21H,1-2H3/t15-,16+/m1/s1. The molecule has 0 saturated carbocycles. The third-order valence-electron chi connectivity index (χ3n) is 4.02. The molecule has 5 heteroatoms. The zero-order valence-corrected chi connectivity index (χ0v) is 12.4. The molecule has 0 saturated heterocycles. The van der Waals surface area contributed by atoms with Crippen molar-refractivity contribution in [3.63, 3.8) is 0 Å². The second kappa shape index (κ2) is 5.10. The molecule has 0 bridgehead atoms. The van der Waals surface area contributed by atoms with Crippen LogP contribution in [0.5, 0.6) is 5.75 Å². The lowest BCUT2D eigenvalue weighted by molar-refractivity contribution is -0.0642. The maximum atomic E-state index is 12.2. The molecule has 22 heavy (non-hydrogen) atoms. The van der Waals surface area contributed by atoms with Gasteiger partial charge in [-0.05, 0) is 38.1 Å². The number of fused-ring (bicyclic) bond motifs is 1. The van der Waals surface area contributed by atoms with Gasteiger partial charge in [-0.3, -0.25) is 9.59 Å². The first-order valence-electron chi connectivity index (χ1n) is 7.07. The monoisotopic (exact) mass is 299 g/mol. The number of aliphatic hydroxyl groups is 1. The lowest BCUT2D eigenvalue weighted by Crippen LogP contribution is -2.52. The van der Waals surface area contributed by atoms with E-state index in [2.05, 4.69) is 0 Å². The number of carbonyl (C=O) groups excluding carboxylic acids is 1. The van der Waals surface area contributed by atoms with Gasteiger partial charge in [0.05, 0.1) is 6.04 Å². The van der Waals surface area contributed by atoms with Crippen LogP contribution in [0.2, 0.25) is 0 Å². The van der Waals surface area contributed by atoms with Crippen molar-refractivity contribution in [2.45, 2.75) is 31.6 Å². The van der Waals surface area contributed by atoms with Crippen molar-refractivity contribution in [1.82, 2.24) is 4.57 Å². The highest BCUT2D eigenvalue weighted by molar-refractivity contribution is 5.76. The minimum atomic E-state index is -0.929. The topological polar surface area (TPSA) is 68.5 Å². The van der Waals surface area contributed by atoms with Gasteiger partial charge in [0.15, 0.2) is 0 Å². The molecule has 0 spiro atoms. The molecule has 0 fully saturated rings. The number of pyridine rings is 1. The largest absolute Gasteiger partial charge is 0.485 e. The van der Waals surface area contributed by atoms with E-state index in [0.29, 0.717) is 16.9 Å². The zero-order valence-electron chi connectivity index (χ0n) is 12.4. The maximum Gasteiger partial charge on any atom is 0.251 e. The second-order valence-corrected chi connectivity index (χ2v) is 5.96. The van der Waals surface area contributed by atoms with Crippen LogP contribution in [-0.4, -0.2) is 27.7 Å². The van der Waals surface area contributed by atoms with Crippen molar-refractivity contribution in [3.05, 3.63) is 64.1 Å². The van der Waals surface area contributed by atoms with E-state index >= 15 is 0 Å². The molecule has 0 amide bonds. The number of hydrogen-bond donors (Lipinski definition) is 1. The van der Waals surface area contributed by atoms with Gasteiger partial charge in [-0.25, -0.2) is 0 Å². The van der Waals surface area contributed by atoms with Gasteiger partial charge in [0.2, 0.25) is 0 Å². The van der Waals surface area contributed by atoms with Crippen LogP contribution in [0.4, 0.5) is 0 Å². The summed E-state index contributed by atoms with van der Waals surface area (Å²) in [5.74, 6) is 0.571. The quantitative estimate of drug-likeness (QED) is 0.858. The summed E-state index contributed by atoms with van der Waals surface area (Å²) in [7, 11) is 0. The minimum Gasteiger partial charge on any atom is -0.485 e. The molecule has 2 heterocycles. The Hall–Kier alpha value is -2.40. The molecular weight excluding hydrogens is 282 g/mol. The normalized spacial score (nSPS) is 22.5. The Balaban J connectivity index is 2.26. The summed E-state index contributed by atoms with van der Waals surface area (Å²) in [5, 5.41) is 10.7. The zero-order chi connectivity index (χ0) is 15.9. The first-order valence-corrected chi connectivity index (χ1v) is 7.07. The Kier molecular flexibility index (Phi) is 3.37. The molecule has 1 aromatic heterocycles. The van der Waals surface area contributed by atoms with E-state index in [9.17, 15) is 14.7 Å². The molecule has 1 N–H and O–H groups in total. The number of nitrogens with zero attached hydrogens (tertiary/aromatic N) is 1. The van der Waals surface area contributed by atoms with E-state index in [4.69, 9.17) is 4.74 Å². The number of ether oxygens (including phenoxy) is 1. The van der Waals surface area contributed by atoms with E-state index in [0.717, 1.165) is 6.29 Å². The smallest absolute Gasteiger partial charge is 0.251 e. The molecule has 2 atom stereocenters. The van der Waals surface area contributed by atoms with Crippen LogP contribution in [0.15, 0.2) is 47.4 Å². The van der Waals surface area contributed by atoms with E-state index < -0.39 is 17.7 Å². The van der Waals surface area contributed by atoms with Crippen LogP contribution < -0.4 is 10.3 Å². The third kappa shape index (κ3) is 2.23. The van der Waals surface area contributed by atoms with E-state index in [-0.39, 0.29) is 5.56 Å². The fourth-order valence-electron chi connectivity index (χ4n) is 2.83. The number of aldehydes is 1. The van der Waals surface area contributed by atoms with Crippen molar-refractivity contribution >= 4 is 6.29 Å². The van der Waals surface area contributed by atoms with Gasteiger partial charge >= 0.3 is 0 Å². The minimum absolute atomic E-state index is 0.216. The van der Waals surface area contributed by atoms with Crippen molar-refractivity contribution in [2.24, 2.45) is 0 Å². The summed E-state index contributed by atoms with van der Waals surface area (Å²) < 4.78 is 7.32. The van der Waals surface area contributed by atoms with Gasteiger partial charge in [-0.2, -0.15) is 0 Å². The summed E-state index contributed by atoms with van der Waals surface area (Å²) in [6, 6.07) is 9.24. The van der Waals surface area contributed by atoms with Gasteiger partial charge in [0.1, 0.15) is 23.7 Å². The highest BCUT2D eigenvalue weighted by Gasteiger charge is 2.44. The molecule has 0 aliphatic carbocycles. The fourth-order valence-corrected chi connectivity index (χ4v) is 2.83. The van der Waals surface area contributed by atoms with Crippen LogP contribution in [0.3, 0.4) is 0 Å². The number of carbonyl (C=O) groups is 1. The van der Waals surface area contributed by atoms with Gasteiger partial charge in [0, 0.05) is 23.4 Å². The molecule has 1 aliphatic heterocycles. The number of aromatic nitrogens is 1. The van der Waals surface area contributed by atoms with Gasteiger partial charge in [-0.15, -0.1) is 0 Å². The van der Waals surface area contributed by atoms with Gasteiger partial charge in [-0.1, -0.05) is 6.07 Å². The maximum absolute atomic E-state index is 12.2. The molecular formula is C17H17NO4. The average Bonchev–Trinajstić information content (AvgIpc) is 2.49. The molecule has 3 rings (SSSR count). The third-order valence-corrected chi connectivity index (χ3v) is 4.02. The summed E-state index contributed by atoms with van der Waals surface area (Å²) >= 11 is 0. The number of hydrogen-bond acceptors (Lipinski definition) is 4. The lowest BCUT2D eigenvalue weighted by atomic mass is 9.85. The Bertz CT molecular complexity index is 778. The van der Waals surface area contributed by atoms with Crippen LogP contribution >= 0.6 is 0 Å². The van der Waals surface area contributed by atoms with Crippen LogP contribution in [0, 0.1) is 0 Å². The Labute approximate surface area is 127 Å². The molecule has 1 aliphatic rings.